The fourth-order valence-corrected chi connectivity index (χ4v) is 3.22. The van der Waals surface area contributed by atoms with Gasteiger partial charge in [-0.2, -0.15) is 13.2 Å². The quantitative estimate of drug-likeness (QED) is 0.871. The smallest absolute Gasteiger partial charge is 0.382 e. The highest BCUT2D eigenvalue weighted by molar-refractivity contribution is 6.30. The molecule has 1 fully saturated rings. The van der Waals surface area contributed by atoms with Gasteiger partial charge in [0.15, 0.2) is 0 Å². The van der Waals surface area contributed by atoms with Crippen LogP contribution in [-0.2, 0) is 11.8 Å². The molecular formula is C16H19ClF3N5O. The summed E-state index contributed by atoms with van der Waals surface area (Å²) in [5.41, 5.74) is -1.96. The number of aliphatic hydroxyl groups is 1. The van der Waals surface area contributed by atoms with Crippen molar-refractivity contribution in [2.75, 3.05) is 18.0 Å². The summed E-state index contributed by atoms with van der Waals surface area (Å²) < 4.78 is 41.7. The first-order valence-corrected chi connectivity index (χ1v) is 8.60. The lowest BCUT2D eigenvalue weighted by molar-refractivity contribution is -0.137. The van der Waals surface area contributed by atoms with E-state index in [-0.39, 0.29) is 23.4 Å². The molecule has 1 aliphatic heterocycles. The molecule has 3 heterocycles. The van der Waals surface area contributed by atoms with Crippen molar-refractivity contribution in [1.82, 2.24) is 20.0 Å². The summed E-state index contributed by atoms with van der Waals surface area (Å²) >= 11 is 5.69. The number of aromatic nitrogens is 4. The second-order valence-electron chi connectivity index (χ2n) is 6.76. The first-order valence-electron chi connectivity index (χ1n) is 8.22. The molecule has 0 aliphatic carbocycles. The maximum Gasteiger partial charge on any atom is 0.420 e. The van der Waals surface area contributed by atoms with Crippen LogP contribution in [0, 0.1) is 0 Å². The molecule has 142 valence electrons. The predicted molar refractivity (Wildman–Crippen MR) is 90.0 cm³/mol. The summed E-state index contributed by atoms with van der Waals surface area (Å²) in [5.74, 6) is -0.240. The van der Waals surface area contributed by atoms with Crippen molar-refractivity contribution in [1.29, 1.82) is 0 Å². The summed E-state index contributed by atoms with van der Waals surface area (Å²) in [6.07, 6.45) is -0.908. The van der Waals surface area contributed by atoms with Gasteiger partial charge in [-0.05, 0) is 32.8 Å². The second kappa shape index (κ2) is 6.70. The van der Waals surface area contributed by atoms with E-state index in [1.807, 2.05) is 13.8 Å². The molecule has 0 saturated carbocycles. The molecule has 0 amide bonds. The Morgan fingerprint density at radius 1 is 1.35 bits per heavy atom. The minimum atomic E-state index is -4.59. The van der Waals surface area contributed by atoms with Gasteiger partial charge in [0.2, 0.25) is 0 Å². The summed E-state index contributed by atoms with van der Waals surface area (Å²) in [6, 6.07) is 0.918. The zero-order chi connectivity index (χ0) is 19.1. The van der Waals surface area contributed by atoms with Gasteiger partial charge >= 0.3 is 6.18 Å². The Bertz CT molecular complexity index is 794. The van der Waals surface area contributed by atoms with Crippen LogP contribution in [0.5, 0.6) is 0 Å². The van der Waals surface area contributed by atoms with Gasteiger partial charge in [-0.25, -0.2) is 9.67 Å². The number of alkyl halides is 3. The van der Waals surface area contributed by atoms with Crippen LogP contribution >= 0.6 is 11.6 Å². The second-order valence-corrected chi connectivity index (χ2v) is 7.19. The van der Waals surface area contributed by atoms with Crippen molar-refractivity contribution >= 4 is 17.4 Å². The molecule has 0 spiro atoms. The maximum absolute atomic E-state index is 13.4. The zero-order valence-electron chi connectivity index (χ0n) is 14.3. The van der Waals surface area contributed by atoms with E-state index in [0.717, 1.165) is 6.07 Å². The molecule has 0 aromatic carbocycles. The monoisotopic (exact) mass is 389 g/mol. The fraction of sp³-hybridized carbons (Fsp3) is 0.562. The number of anilines is 1. The van der Waals surface area contributed by atoms with Crippen molar-refractivity contribution in [2.24, 2.45) is 0 Å². The van der Waals surface area contributed by atoms with Crippen LogP contribution in [-0.4, -0.2) is 38.2 Å². The molecule has 6 nitrogen and oxygen atoms in total. The number of nitrogens with zero attached hydrogens (tertiary/aromatic N) is 5. The molecule has 2 aromatic heterocycles. The Hall–Kier alpha value is -1.87. The zero-order valence-corrected chi connectivity index (χ0v) is 15.1. The van der Waals surface area contributed by atoms with Gasteiger partial charge in [0.05, 0.1) is 23.3 Å². The normalized spacial score (nSPS) is 21.5. The lowest BCUT2D eigenvalue weighted by Crippen LogP contribution is -2.47. The number of β-amino-alcohol motifs (C(OH)–C–C–N with tert-alkyl or cyclic N) is 1. The van der Waals surface area contributed by atoms with Crippen LogP contribution in [0.3, 0.4) is 0 Å². The predicted octanol–water partition coefficient (Wildman–Crippen LogP) is 3.41. The number of hydrogen-bond donors (Lipinski definition) is 1. The number of halogens is 4. The average Bonchev–Trinajstić information content (AvgIpc) is 3.05. The number of pyridine rings is 1. The van der Waals surface area contributed by atoms with Gasteiger partial charge in [-0.3, -0.25) is 0 Å². The van der Waals surface area contributed by atoms with Gasteiger partial charge in [0.25, 0.3) is 0 Å². The van der Waals surface area contributed by atoms with Crippen molar-refractivity contribution < 1.29 is 18.3 Å². The van der Waals surface area contributed by atoms with Crippen LogP contribution < -0.4 is 4.90 Å². The van der Waals surface area contributed by atoms with Crippen molar-refractivity contribution in [2.45, 2.75) is 44.5 Å². The van der Waals surface area contributed by atoms with Gasteiger partial charge in [0, 0.05) is 18.8 Å². The van der Waals surface area contributed by atoms with Crippen LogP contribution in [0.1, 0.15) is 44.0 Å². The molecule has 1 aliphatic rings. The van der Waals surface area contributed by atoms with Crippen LogP contribution in [0.25, 0.3) is 0 Å². The Balaban J connectivity index is 1.93. The number of rotatable bonds is 3. The summed E-state index contributed by atoms with van der Waals surface area (Å²) in [4.78, 5) is 5.31. The van der Waals surface area contributed by atoms with E-state index >= 15 is 0 Å². The molecule has 3 rings (SSSR count). The third-order valence-corrected chi connectivity index (χ3v) is 4.63. The van der Waals surface area contributed by atoms with E-state index in [1.54, 1.807) is 10.9 Å². The van der Waals surface area contributed by atoms with E-state index in [1.165, 1.54) is 11.1 Å². The van der Waals surface area contributed by atoms with Gasteiger partial charge < -0.3 is 10.0 Å². The minimum Gasteiger partial charge on any atom is -0.382 e. The number of hydrogen-bond acceptors (Lipinski definition) is 5. The van der Waals surface area contributed by atoms with Crippen LogP contribution in [0.15, 0.2) is 18.5 Å². The lowest BCUT2D eigenvalue weighted by Gasteiger charge is -2.39. The lowest BCUT2D eigenvalue weighted by atomic mass is 9.89. The average molecular weight is 390 g/mol. The SMILES string of the molecule is CC(C)n1cc(C2(O)CCCN(c3ncc(Cl)cc3C(F)(F)F)C2)nn1. The fourth-order valence-electron chi connectivity index (χ4n) is 3.06. The highest BCUT2D eigenvalue weighted by Gasteiger charge is 2.42. The third-order valence-electron chi connectivity index (χ3n) is 4.43. The molecule has 0 radical (unpaired) electrons. The van der Waals surface area contributed by atoms with Crippen LogP contribution in [0.4, 0.5) is 19.0 Å². The van der Waals surface area contributed by atoms with Crippen LogP contribution in [0.2, 0.25) is 5.02 Å². The van der Waals surface area contributed by atoms with Gasteiger partial charge in [0.1, 0.15) is 17.1 Å². The molecule has 1 atom stereocenters. The van der Waals surface area contributed by atoms with E-state index in [0.29, 0.717) is 25.1 Å². The molecule has 1 saturated heterocycles. The molecular weight excluding hydrogens is 371 g/mol. The Morgan fingerprint density at radius 3 is 2.69 bits per heavy atom. The summed E-state index contributed by atoms with van der Waals surface area (Å²) in [6.45, 7) is 4.13. The largest absolute Gasteiger partial charge is 0.420 e. The highest BCUT2D eigenvalue weighted by atomic mass is 35.5. The number of piperidine rings is 1. The molecule has 0 bridgehead atoms. The highest BCUT2D eigenvalue weighted by Crippen LogP contribution is 2.39. The Morgan fingerprint density at radius 2 is 2.08 bits per heavy atom. The van der Waals surface area contributed by atoms with Crippen molar-refractivity contribution in [3.63, 3.8) is 0 Å². The Kier molecular flexibility index (Phi) is 4.87. The van der Waals surface area contributed by atoms with Gasteiger partial charge in [-0.1, -0.05) is 16.8 Å². The first kappa shape index (κ1) is 18.9. The molecule has 10 heteroatoms. The summed E-state index contributed by atoms with van der Waals surface area (Å²) in [7, 11) is 0. The standard InChI is InChI=1S/C16H19ClF3N5O/c1-10(2)25-8-13(22-23-25)15(26)4-3-5-24(9-15)14-12(16(18,19)20)6-11(17)7-21-14/h6-8,10,26H,3-5,9H2,1-2H3. The van der Waals surface area contributed by atoms with E-state index < -0.39 is 17.3 Å². The minimum absolute atomic E-state index is 0.0541. The third kappa shape index (κ3) is 3.64. The van der Waals surface area contributed by atoms with E-state index in [4.69, 9.17) is 11.6 Å². The Labute approximate surface area is 153 Å². The van der Waals surface area contributed by atoms with Crippen molar-refractivity contribution in [3.05, 3.63) is 34.7 Å². The molecule has 26 heavy (non-hydrogen) atoms. The first-order chi connectivity index (χ1) is 12.1. The molecule has 1 N–H and O–H groups in total. The van der Waals surface area contributed by atoms with E-state index in [2.05, 4.69) is 15.3 Å². The topological polar surface area (TPSA) is 67.1 Å². The van der Waals surface area contributed by atoms with Crippen molar-refractivity contribution in [3.8, 4) is 0 Å². The maximum atomic E-state index is 13.4. The molecule has 1 unspecified atom stereocenters. The van der Waals surface area contributed by atoms with Gasteiger partial charge in [-0.15, -0.1) is 5.10 Å². The molecule has 2 aromatic rings. The van der Waals surface area contributed by atoms with E-state index in [9.17, 15) is 18.3 Å². The summed E-state index contributed by atoms with van der Waals surface area (Å²) in [5, 5.41) is 18.9.